The van der Waals surface area contributed by atoms with Gasteiger partial charge in [0.05, 0.1) is 0 Å². The number of para-hydroxylation sites is 4. The van der Waals surface area contributed by atoms with Gasteiger partial charge in [0.25, 0.3) is 0 Å². The molecule has 0 amide bonds. The van der Waals surface area contributed by atoms with E-state index in [9.17, 15) is 0 Å². The van der Waals surface area contributed by atoms with Crippen LogP contribution in [0.2, 0.25) is 0 Å². The average molecular weight is 693 g/mol. The van der Waals surface area contributed by atoms with Crippen molar-refractivity contribution in [3.63, 3.8) is 0 Å². The number of hydrogen-bond acceptors (Lipinski definition) is 2. The quantitative estimate of drug-likeness (QED) is 0.146. The third-order valence-electron chi connectivity index (χ3n) is 10.3. The predicted molar refractivity (Wildman–Crippen MR) is 231 cm³/mol. The molecule has 2 nitrogen and oxygen atoms in total. The third-order valence-corrected chi connectivity index (χ3v) is 10.3. The van der Waals surface area contributed by atoms with Crippen molar-refractivity contribution < 1.29 is 0 Å². The van der Waals surface area contributed by atoms with E-state index in [-0.39, 0.29) is 0 Å². The van der Waals surface area contributed by atoms with E-state index in [0.717, 1.165) is 34.1 Å². The van der Waals surface area contributed by atoms with Crippen LogP contribution in [0.4, 0.5) is 34.1 Å². The van der Waals surface area contributed by atoms with Crippen LogP contribution in [0, 0.1) is 13.8 Å². The van der Waals surface area contributed by atoms with E-state index in [1.807, 2.05) is 0 Å². The van der Waals surface area contributed by atoms with E-state index in [2.05, 4.69) is 230 Å². The topological polar surface area (TPSA) is 6.48 Å². The zero-order valence-electron chi connectivity index (χ0n) is 30.5. The molecule has 0 atom stereocenters. The molecule has 9 aromatic carbocycles. The molecule has 54 heavy (non-hydrogen) atoms. The maximum absolute atomic E-state index is 2.37. The van der Waals surface area contributed by atoms with E-state index in [4.69, 9.17) is 0 Å². The predicted octanol–water partition coefficient (Wildman–Crippen LogP) is 14.9. The summed E-state index contributed by atoms with van der Waals surface area (Å²) in [5, 5.41) is 4.98. The molecule has 0 aliphatic rings. The van der Waals surface area contributed by atoms with Crippen LogP contribution in [0.25, 0.3) is 43.8 Å². The molecule has 9 rings (SSSR count). The van der Waals surface area contributed by atoms with E-state index in [0.29, 0.717) is 0 Å². The Morgan fingerprint density at radius 1 is 0.259 bits per heavy atom. The lowest BCUT2D eigenvalue weighted by Crippen LogP contribution is -2.09. The fraction of sp³-hybridized carbons (Fsp3) is 0.0385. The summed E-state index contributed by atoms with van der Waals surface area (Å²) in [6.07, 6.45) is 0. The molecule has 258 valence electrons. The summed E-state index contributed by atoms with van der Waals surface area (Å²) in [6.45, 7) is 4.40. The number of rotatable bonds is 8. The summed E-state index contributed by atoms with van der Waals surface area (Å²) in [4.78, 5) is 4.68. The van der Waals surface area contributed by atoms with Gasteiger partial charge >= 0.3 is 0 Å². The van der Waals surface area contributed by atoms with Crippen molar-refractivity contribution in [2.24, 2.45) is 0 Å². The Bertz CT molecular complexity index is 2450. The van der Waals surface area contributed by atoms with Crippen molar-refractivity contribution in [2.45, 2.75) is 13.8 Å². The maximum atomic E-state index is 2.37. The lowest BCUT2D eigenvalue weighted by Gasteiger charge is -2.27. The smallest absolute Gasteiger partial charge is 0.0467 e. The summed E-state index contributed by atoms with van der Waals surface area (Å²) >= 11 is 0. The highest BCUT2D eigenvalue weighted by molar-refractivity contribution is 6.22. The lowest BCUT2D eigenvalue weighted by molar-refractivity contribution is 1.28. The highest BCUT2D eigenvalue weighted by Gasteiger charge is 2.20. The normalized spacial score (nSPS) is 11.1. The monoisotopic (exact) mass is 692 g/mol. The summed E-state index contributed by atoms with van der Waals surface area (Å²) < 4.78 is 0. The second-order valence-electron chi connectivity index (χ2n) is 14.0. The van der Waals surface area contributed by atoms with Crippen molar-refractivity contribution in [2.75, 3.05) is 9.80 Å². The molecule has 0 spiro atoms. The lowest BCUT2D eigenvalue weighted by atomic mass is 9.84. The molecule has 0 saturated heterocycles. The van der Waals surface area contributed by atoms with Gasteiger partial charge in [-0.15, -0.1) is 0 Å². The van der Waals surface area contributed by atoms with Crippen molar-refractivity contribution in [3.05, 3.63) is 217 Å². The average Bonchev–Trinajstić information content (AvgIpc) is 3.22. The van der Waals surface area contributed by atoms with Crippen LogP contribution < -0.4 is 9.80 Å². The SMILES string of the molecule is Cc1ccc2c(-c3cccc(N(c4ccccc4)c4ccccc4)c3)c3cc(C)ccc3c(-c3cccc(N(c4ccccc4)c4ccccc4)c3)c2c1. The van der Waals surface area contributed by atoms with Gasteiger partial charge in [0.15, 0.2) is 0 Å². The molecular formula is C52H40N2. The Labute approximate surface area is 317 Å². The second kappa shape index (κ2) is 14.3. The van der Waals surface area contributed by atoms with Crippen molar-refractivity contribution >= 4 is 55.7 Å². The van der Waals surface area contributed by atoms with Gasteiger partial charge in [-0.1, -0.05) is 145 Å². The zero-order valence-corrected chi connectivity index (χ0v) is 30.5. The molecule has 0 unspecified atom stereocenters. The first-order valence-electron chi connectivity index (χ1n) is 18.6. The van der Waals surface area contributed by atoms with Gasteiger partial charge < -0.3 is 9.80 Å². The highest BCUT2D eigenvalue weighted by atomic mass is 15.1. The number of hydrogen-bond donors (Lipinski definition) is 0. The fourth-order valence-corrected chi connectivity index (χ4v) is 7.88. The molecular weight excluding hydrogens is 653 g/mol. The number of benzene rings is 9. The largest absolute Gasteiger partial charge is 0.310 e. The van der Waals surface area contributed by atoms with E-state index in [1.165, 1.54) is 54.9 Å². The van der Waals surface area contributed by atoms with E-state index >= 15 is 0 Å². The number of aryl methyl sites for hydroxylation is 2. The van der Waals surface area contributed by atoms with E-state index in [1.54, 1.807) is 0 Å². The van der Waals surface area contributed by atoms with Gasteiger partial charge in [-0.3, -0.25) is 0 Å². The molecule has 0 fully saturated rings. The molecule has 0 N–H and O–H groups in total. The van der Waals surface area contributed by atoms with Gasteiger partial charge in [0.2, 0.25) is 0 Å². The molecule has 0 saturated carbocycles. The molecule has 0 aliphatic heterocycles. The Morgan fingerprint density at radius 3 is 0.907 bits per heavy atom. The molecule has 9 aromatic rings. The Hall–Kier alpha value is -6.90. The van der Waals surface area contributed by atoms with Crippen LogP contribution in [-0.4, -0.2) is 0 Å². The zero-order chi connectivity index (χ0) is 36.4. The van der Waals surface area contributed by atoms with Crippen LogP contribution in [0.1, 0.15) is 11.1 Å². The molecule has 0 heterocycles. The van der Waals surface area contributed by atoms with Gasteiger partial charge in [-0.25, -0.2) is 0 Å². The highest BCUT2D eigenvalue weighted by Crippen LogP contribution is 2.47. The summed E-state index contributed by atoms with van der Waals surface area (Å²) in [6, 6.07) is 74.5. The van der Waals surface area contributed by atoms with Gasteiger partial charge in [0.1, 0.15) is 0 Å². The first-order valence-corrected chi connectivity index (χ1v) is 18.6. The third kappa shape index (κ3) is 6.18. The molecule has 0 aromatic heterocycles. The minimum atomic E-state index is 1.12. The standard InChI is InChI=1S/C52H40N2/c1-37-29-31-47-49(33-37)51(39-17-15-27-45(35-39)53(41-19-7-3-8-20-41)42-21-9-4-10-22-42)48-32-30-38(2)34-50(48)52(47)40-18-16-28-46(36-40)54(43-23-11-5-12-24-43)44-25-13-6-14-26-44/h3-36H,1-2H3. The van der Waals surface area contributed by atoms with E-state index < -0.39 is 0 Å². The minimum absolute atomic E-state index is 1.12. The van der Waals surface area contributed by atoms with Gasteiger partial charge in [-0.05, 0) is 130 Å². The van der Waals surface area contributed by atoms with Crippen LogP contribution >= 0.6 is 0 Å². The second-order valence-corrected chi connectivity index (χ2v) is 14.0. The molecule has 0 aliphatic carbocycles. The summed E-state index contributed by atoms with van der Waals surface area (Å²) in [5.74, 6) is 0. The minimum Gasteiger partial charge on any atom is -0.310 e. The first kappa shape index (κ1) is 33.0. The molecule has 0 radical (unpaired) electrons. The van der Waals surface area contributed by atoms with Gasteiger partial charge in [-0.2, -0.15) is 0 Å². The van der Waals surface area contributed by atoms with Crippen LogP contribution in [0.15, 0.2) is 206 Å². The molecule has 2 heteroatoms. The Balaban J connectivity index is 1.28. The Kier molecular flexibility index (Phi) is 8.70. The summed E-state index contributed by atoms with van der Waals surface area (Å²) in [7, 11) is 0. The van der Waals surface area contributed by atoms with Crippen molar-refractivity contribution in [3.8, 4) is 22.3 Å². The van der Waals surface area contributed by atoms with Crippen molar-refractivity contribution in [1.29, 1.82) is 0 Å². The fourth-order valence-electron chi connectivity index (χ4n) is 7.88. The van der Waals surface area contributed by atoms with Crippen LogP contribution in [0.3, 0.4) is 0 Å². The Morgan fingerprint density at radius 2 is 0.574 bits per heavy atom. The number of nitrogens with zero attached hydrogens (tertiary/aromatic N) is 2. The first-order chi connectivity index (χ1) is 26.6. The molecule has 0 bridgehead atoms. The number of fused-ring (bicyclic) bond motifs is 2. The maximum Gasteiger partial charge on any atom is 0.0467 e. The summed E-state index contributed by atoms with van der Waals surface area (Å²) in [5.41, 5.74) is 14.1. The van der Waals surface area contributed by atoms with Gasteiger partial charge in [0, 0.05) is 34.1 Å². The number of anilines is 6. The van der Waals surface area contributed by atoms with Crippen LogP contribution in [0.5, 0.6) is 0 Å². The van der Waals surface area contributed by atoms with Crippen LogP contribution in [-0.2, 0) is 0 Å². The van der Waals surface area contributed by atoms with Crippen molar-refractivity contribution in [1.82, 2.24) is 0 Å².